The van der Waals surface area contributed by atoms with Crippen LogP contribution in [0.4, 0.5) is 0 Å². The van der Waals surface area contributed by atoms with Gasteiger partial charge in [-0.05, 0) is 36.6 Å². The van der Waals surface area contributed by atoms with Crippen molar-refractivity contribution in [2.24, 2.45) is 0 Å². The number of hydrogen-bond donors (Lipinski definition) is 1. The molecule has 1 aliphatic rings. The molecule has 2 nitrogen and oxygen atoms in total. The first-order valence-electron chi connectivity index (χ1n) is 6.04. The minimum atomic E-state index is 0.856. The maximum Gasteiger partial charge on any atom is 0.0449 e. The fourth-order valence-corrected chi connectivity index (χ4v) is 3.05. The predicted molar refractivity (Wildman–Crippen MR) is 76.9 cm³/mol. The standard InChI is InChI=1S/C13H18BrClN2/c1-10-11(8-12(14)9-13(10)15)2-5-17-6-3-16-4-7-17/h8-9,16H,2-7H2,1H3. The van der Waals surface area contributed by atoms with Crippen LogP contribution in [0.1, 0.15) is 11.1 Å². The summed E-state index contributed by atoms with van der Waals surface area (Å²) in [6.45, 7) is 7.75. The summed E-state index contributed by atoms with van der Waals surface area (Å²) < 4.78 is 1.07. The molecule has 1 aromatic rings. The van der Waals surface area contributed by atoms with E-state index in [-0.39, 0.29) is 0 Å². The first-order valence-corrected chi connectivity index (χ1v) is 7.21. The molecule has 0 amide bonds. The van der Waals surface area contributed by atoms with Crippen LogP contribution in [0.3, 0.4) is 0 Å². The highest BCUT2D eigenvalue weighted by atomic mass is 79.9. The normalized spacial score (nSPS) is 17.4. The smallest absolute Gasteiger partial charge is 0.0449 e. The minimum Gasteiger partial charge on any atom is -0.314 e. The summed E-state index contributed by atoms with van der Waals surface area (Å²) in [6.07, 6.45) is 1.07. The van der Waals surface area contributed by atoms with E-state index in [1.165, 1.54) is 11.1 Å². The highest BCUT2D eigenvalue weighted by molar-refractivity contribution is 9.10. The Balaban J connectivity index is 1.98. The van der Waals surface area contributed by atoms with Gasteiger partial charge in [-0.2, -0.15) is 0 Å². The number of benzene rings is 1. The summed E-state index contributed by atoms with van der Waals surface area (Å²) >= 11 is 9.69. The van der Waals surface area contributed by atoms with E-state index in [9.17, 15) is 0 Å². The SMILES string of the molecule is Cc1c(Cl)cc(Br)cc1CCN1CCNCC1. The third-order valence-corrected chi connectivity index (χ3v) is 4.17. The fraction of sp³-hybridized carbons (Fsp3) is 0.538. The zero-order chi connectivity index (χ0) is 12.3. The molecular formula is C13H18BrClN2. The topological polar surface area (TPSA) is 15.3 Å². The molecule has 0 unspecified atom stereocenters. The summed E-state index contributed by atoms with van der Waals surface area (Å²) in [4.78, 5) is 2.50. The number of piperazine rings is 1. The van der Waals surface area contributed by atoms with Crippen molar-refractivity contribution in [2.45, 2.75) is 13.3 Å². The molecule has 0 radical (unpaired) electrons. The van der Waals surface area contributed by atoms with Gasteiger partial charge in [-0.25, -0.2) is 0 Å². The van der Waals surface area contributed by atoms with Gasteiger partial charge in [-0.3, -0.25) is 0 Å². The molecule has 0 bridgehead atoms. The van der Waals surface area contributed by atoms with Gasteiger partial charge >= 0.3 is 0 Å². The molecule has 1 fully saturated rings. The number of halogens is 2. The second-order valence-electron chi connectivity index (χ2n) is 4.51. The van der Waals surface area contributed by atoms with Gasteiger partial charge in [0.25, 0.3) is 0 Å². The molecule has 2 rings (SSSR count). The van der Waals surface area contributed by atoms with E-state index < -0.39 is 0 Å². The van der Waals surface area contributed by atoms with Gasteiger partial charge in [0.1, 0.15) is 0 Å². The molecular weight excluding hydrogens is 300 g/mol. The molecule has 0 saturated carbocycles. The molecule has 1 heterocycles. The van der Waals surface area contributed by atoms with Crippen LogP contribution in [0.5, 0.6) is 0 Å². The van der Waals surface area contributed by atoms with Crippen molar-refractivity contribution < 1.29 is 0 Å². The lowest BCUT2D eigenvalue weighted by Crippen LogP contribution is -2.44. The van der Waals surface area contributed by atoms with E-state index in [1.54, 1.807) is 0 Å². The predicted octanol–water partition coefficient (Wildman–Crippen LogP) is 2.86. The third-order valence-electron chi connectivity index (χ3n) is 3.32. The third kappa shape index (κ3) is 3.68. The van der Waals surface area contributed by atoms with Crippen molar-refractivity contribution in [3.63, 3.8) is 0 Å². The van der Waals surface area contributed by atoms with Crippen molar-refractivity contribution >= 4 is 27.5 Å². The summed E-state index contributed by atoms with van der Waals surface area (Å²) in [5.74, 6) is 0. The van der Waals surface area contributed by atoms with Gasteiger partial charge in [0.15, 0.2) is 0 Å². The fourth-order valence-electron chi connectivity index (χ4n) is 2.17. The molecule has 1 saturated heterocycles. The quantitative estimate of drug-likeness (QED) is 0.922. The Hall–Kier alpha value is -0.0900. The Bertz CT molecular complexity index is 389. The number of nitrogens with one attached hydrogen (secondary N) is 1. The number of rotatable bonds is 3. The minimum absolute atomic E-state index is 0.856. The summed E-state index contributed by atoms with van der Waals surface area (Å²) in [6, 6.07) is 4.15. The largest absolute Gasteiger partial charge is 0.314 e. The second-order valence-corrected chi connectivity index (χ2v) is 5.84. The lowest BCUT2D eigenvalue weighted by Gasteiger charge is -2.27. The van der Waals surface area contributed by atoms with Crippen molar-refractivity contribution in [3.8, 4) is 0 Å². The first kappa shape index (κ1) is 13.3. The molecule has 4 heteroatoms. The summed E-state index contributed by atoms with van der Waals surface area (Å²) in [5, 5.41) is 4.23. The molecule has 0 aromatic heterocycles. The van der Waals surface area contributed by atoms with E-state index in [0.29, 0.717) is 0 Å². The average Bonchev–Trinajstić information content (AvgIpc) is 2.33. The van der Waals surface area contributed by atoms with Gasteiger partial charge in [0, 0.05) is 42.2 Å². The van der Waals surface area contributed by atoms with E-state index in [1.807, 2.05) is 6.07 Å². The van der Waals surface area contributed by atoms with Crippen molar-refractivity contribution in [1.29, 1.82) is 0 Å². The second kappa shape index (κ2) is 6.19. The molecule has 17 heavy (non-hydrogen) atoms. The molecule has 0 spiro atoms. The molecule has 0 atom stereocenters. The molecule has 1 N–H and O–H groups in total. The maximum atomic E-state index is 6.19. The van der Waals surface area contributed by atoms with Crippen LogP contribution in [0, 0.1) is 6.92 Å². The van der Waals surface area contributed by atoms with E-state index in [0.717, 1.165) is 48.6 Å². The summed E-state index contributed by atoms with van der Waals surface area (Å²) in [7, 11) is 0. The Morgan fingerprint density at radius 3 is 2.76 bits per heavy atom. The van der Waals surface area contributed by atoms with Crippen LogP contribution in [-0.2, 0) is 6.42 Å². The first-order chi connectivity index (χ1) is 8.16. The van der Waals surface area contributed by atoms with Crippen LogP contribution >= 0.6 is 27.5 Å². The highest BCUT2D eigenvalue weighted by Gasteiger charge is 2.11. The highest BCUT2D eigenvalue weighted by Crippen LogP contribution is 2.25. The van der Waals surface area contributed by atoms with Crippen molar-refractivity contribution in [3.05, 3.63) is 32.8 Å². The number of hydrogen-bond acceptors (Lipinski definition) is 2. The zero-order valence-electron chi connectivity index (χ0n) is 10.1. The van der Waals surface area contributed by atoms with Crippen molar-refractivity contribution in [2.75, 3.05) is 32.7 Å². The summed E-state index contributed by atoms with van der Waals surface area (Å²) in [5.41, 5.74) is 2.56. The molecule has 1 aliphatic heterocycles. The zero-order valence-corrected chi connectivity index (χ0v) is 12.4. The Kier molecular flexibility index (Phi) is 4.86. The number of nitrogens with zero attached hydrogens (tertiary/aromatic N) is 1. The van der Waals surface area contributed by atoms with Gasteiger partial charge in [-0.1, -0.05) is 27.5 Å². The van der Waals surface area contributed by atoms with Crippen LogP contribution in [0.2, 0.25) is 5.02 Å². The van der Waals surface area contributed by atoms with Crippen LogP contribution in [0.25, 0.3) is 0 Å². The lowest BCUT2D eigenvalue weighted by atomic mass is 10.1. The monoisotopic (exact) mass is 316 g/mol. The maximum absolute atomic E-state index is 6.19. The van der Waals surface area contributed by atoms with Crippen molar-refractivity contribution in [1.82, 2.24) is 10.2 Å². The molecule has 0 aliphatic carbocycles. The van der Waals surface area contributed by atoms with E-state index in [2.05, 4.69) is 39.1 Å². The van der Waals surface area contributed by atoms with Gasteiger partial charge < -0.3 is 10.2 Å². The van der Waals surface area contributed by atoms with Gasteiger partial charge in [0.2, 0.25) is 0 Å². The molecule has 94 valence electrons. The van der Waals surface area contributed by atoms with Crippen LogP contribution < -0.4 is 5.32 Å². The van der Waals surface area contributed by atoms with Gasteiger partial charge in [0.05, 0.1) is 0 Å². The molecule has 1 aromatic carbocycles. The van der Waals surface area contributed by atoms with Crippen LogP contribution in [-0.4, -0.2) is 37.6 Å². The van der Waals surface area contributed by atoms with E-state index in [4.69, 9.17) is 11.6 Å². The lowest BCUT2D eigenvalue weighted by molar-refractivity contribution is 0.244. The Labute approximate surface area is 116 Å². The van der Waals surface area contributed by atoms with Crippen LogP contribution in [0.15, 0.2) is 16.6 Å². The Morgan fingerprint density at radius 1 is 1.35 bits per heavy atom. The van der Waals surface area contributed by atoms with Gasteiger partial charge in [-0.15, -0.1) is 0 Å². The Morgan fingerprint density at radius 2 is 2.06 bits per heavy atom. The van der Waals surface area contributed by atoms with E-state index >= 15 is 0 Å². The average molecular weight is 318 g/mol.